The number of methoxy groups -OCH3 is 1. The summed E-state index contributed by atoms with van der Waals surface area (Å²) in [6, 6.07) is 7.98. The number of hydrogen-bond donors (Lipinski definition) is 1. The average Bonchev–Trinajstić information content (AvgIpc) is 2.64. The SMILES string of the molecule is COc1ccc(-c2cc(C(=O)Nc3cnn(C)c(=O)c3)ncn2)cc1Cl.[NaH]. The molecule has 0 saturated carbocycles. The van der Waals surface area contributed by atoms with Crippen molar-refractivity contribution in [2.75, 3.05) is 12.4 Å². The van der Waals surface area contributed by atoms with Crippen molar-refractivity contribution in [3.05, 3.63) is 63.9 Å². The third kappa shape index (κ3) is 4.92. The van der Waals surface area contributed by atoms with Crippen LogP contribution in [0.5, 0.6) is 5.75 Å². The summed E-state index contributed by atoms with van der Waals surface area (Å²) in [5, 5.41) is 6.86. The molecule has 1 aromatic carbocycles. The number of benzene rings is 1. The minimum absolute atomic E-state index is 0. The van der Waals surface area contributed by atoms with Gasteiger partial charge in [-0.15, -0.1) is 0 Å². The fraction of sp³-hybridized carbons (Fsp3) is 0.118. The van der Waals surface area contributed by atoms with Gasteiger partial charge >= 0.3 is 29.6 Å². The van der Waals surface area contributed by atoms with Crippen LogP contribution in [0.4, 0.5) is 5.69 Å². The third-order valence-electron chi connectivity index (χ3n) is 3.57. The summed E-state index contributed by atoms with van der Waals surface area (Å²) in [4.78, 5) is 32.1. The number of carbonyl (C=O) groups excluding carboxylic acids is 1. The first-order valence-electron chi connectivity index (χ1n) is 7.48. The van der Waals surface area contributed by atoms with Crippen molar-refractivity contribution in [3.63, 3.8) is 0 Å². The zero-order valence-electron chi connectivity index (χ0n) is 13.9. The molecule has 0 saturated heterocycles. The van der Waals surface area contributed by atoms with E-state index in [0.29, 0.717) is 22.0 Å². The zero-order valence-corrected chi connectivity index (χ0v) is 14.7. The van der Waals surface area contributed by atoms with Crippen LogP contribution in [0.25, 0.3) is 11.3 Å². The minimum atomic E-state index is -0.483. The van der Waals surface area contributed by atoms with Gasteiger partial charge in [-0.3, -0.25) is 9.59 Å². The van der Waals surface area contributed by atoms with Gasteiger partial charge in [0.05, 0.1) is 29.7 Å². The number of halogens is 1. The first kappa shape index (κ1) is 21.0. The Bertz CT molecular complexity index is 1040. The van der Waals surface area contributed by atoms with Crippen LogP contribution >= 0.6 is 11.6 Å². The van der Waals surface area contributed by atoms with Gasteiger partial charge in [0.2, 0.25) is 0 Å². The molecular formula is C17H15ClN5NaO3. The van der Waals surface area contributed by atoms with Crippen LogP contribution in [0.3, 0.4) is 0 Å². The fourth-order valence-electron chi connectivity index (χ4n) is 2.20. The van der Waals surface area contributed by atoms with E-state index in [1.807, 2.05) is 0 Å². The standard InChI is InChI=1S/C17H14ClN5O3.Na.H/c1-23-16(24)6-11(8-21-23)22-17(25)14-7-13(19-9-20-14)10-3-4-15(26-2)12(18)5-10;;/h3-9H,1-2H3,(H,22,25);;. The molecular weight excluding hydrogens is 381 g/mol. The molecule has 0 bridgehead atoms. The van der Waals surface area contributed by atoms with Crippen LogP contribution in [0.2, 0.25) is 5.02 Å². The van der Waals surface area contributed by atoms with Crippen molar-refractivity contribution in [3.8, 4) is 17.0 Å². The summed E-state index contributed by atoms with van der Waals surface area (Å²) in [7, 11) is 3.05. The molecule has 2 heterocycles. The molecule has 0 aliphatic carbocycles. The van der Waals surface area contributed by atoms with Gasteiger partial charge < -0.3 is 10.1 Å². The van der Waals surface area contributed by atoms with Gasteiger partial charge in [0.1, 0.15) is 17.8 Å². The molecule has 0 unspecified atom stereocenters. The van der Waals surface area contributed by atoms with Gasteiger partial charge in [-0.1, -0.05) is 11.6 Å². The van der Waals surface area contributed by atoms with Gasteiger partial charge in [-0.2, -0.15) is 5.10 Å². The zero-order chi connectivity index (χ0) is 18.7. The Morgan fingerprint density at radius 3 is 2.67 bits per heavy atom. The van der Waals surface area contributed by atoms with Crippen molar-refractivity contribution in [2.45, 2.75) is 0 Å². The molecule has 0 spiro atoms. The Morgan fingerprint density at radius 2 is 2.00 bits per heavy atom. The summed E-state index contributed by atoms with van der Waals surface area (Å²) >= 11 is 6.13. The molecule has 0 atom stereocenters. The fourth-order valence-corrected chi connectivity index (χ4v) is 2.46. The number of aromatic nitrogens is 4. The Labute approximate surface area is 181 Å². The van der Waals surface area contributed by atoms with E-state index in [0.717, 1.165) is 4.68 Å². The van der Waals surface area contributed by atoms with Gasteiger partial charge in [-0.05, 0) is 24.3 Å². The van der Waals surface area contributed by atoms with Crippen LogP contribution < -0.4 is 15.6 Å². The number of carbonyl (C=O) groups is 1. The molecule has 1 amide bonds. The molecule has 3 rings (SSSR count). The molecule has 0 aliphatic heterocycles. The predicted molar refractivity (Wildman–Crippen MR) is 104 cm³/mol. The van der Waals surface area contributed by atoms with Crippen molar-refractivity contribution in [1.29, 1.82) is 0 Å². The molecule has 134 valence electrons. The van der Waals surface area contributed by atoms with Gasteiger partial charge in [-0.25, -0.2) is 14.6 Å². The van der Waals surface area contributed by atoms with E-state index >= 15 is 0 Å². The van der Waals surface area contributed by atoms with E-state index < -0.39 is 5.91 Å². The average molecular weight is 396 g/mol. The first-order chi connectivity index (χ1) is 12.5. The van der Waals surface area contributed by atoms with Crippen molar-refractivity contribution < 1.29 is 9.53 Å². The third-order valence-corrected chi connectivity index (χ3v) is 3.87. The topological polar surface area (TPSA) is 99.0 Å². The van der Waals surface area contributed by atoms with Gasteiger partial charge in [0.25, 0.3) is 11.5 Å². The van der Waals surface area contributed by atoms with Crippen LogP contribution in [-0.4, -0.2) is 62.3 Å². The van der Waals surface area contributed by atoms with Crippen LogP contribution in [0.15, 0.2) is 47.7 Å². The molecule has 3 aromatic rings. The van der Waals surface area contributed by atoms with Crippen molar-refractivity contribution in [2.24, 2.45) is 7.05 Å². The van der Waals surface area contributed by atoms with Gasteiger partial charge in [0.15, 0.2) is 0 Å². The number of anilines is 1. The normalized spacial score (nSPS) is 10.0. The molecule has 27 heavy (non-hydrogen) atoms. The molecule has 8 nitrogen and oxygen atoms in total. The van der Waals surface area contributed by atoms with E-state index in [9.17, 15) is 9.59 Å². The second-order valence-corrected chi connectivity index (χ2v) is 5.71. The van der Waals surface area contributed by atoms with E-state index in [1.54, 1.807) is 18.2 Å². The number of nitrogens with zero attached hydrogens (tertiary/aromatic N) is 4. The Hall–Kier alpha value is -2.26. The van der Waals surface area contributed by atoms with Crippen LogP contribution in [0, 0.1) is 0 Å². The molecule has 1 N–H and O–H groups in total. The summed E-state index contributed by atoms with van der Waals surface area (Å²) in [5.74, 6) is 0.0592. The van der Waals surface area contributed by atoms with E-state index in [-0.39, 0.29) is 46.5 Å². The molecule has 0 radical (unpaired) electrons. The Balaban J connectivity index is 0.00000261. The second-order valence-electron chi connectivity index (χ2n) is 5.30. The summed E-state index contributed by atoms with van der Waals surface area (Å²) in [5.41, 5.74) is 1.33. The second kappa shape index (κ2) is 9.09. The van der Waals surface area contributed by atoms with Crippen molar-refractivity contribution in [1.82, 2.24) is 19.7 Å². The maximum absolute atomic E-state index is 12.4. The quantitative estimate of drug-likeness (QED) is 0.672. The van der Waals surface area contributed by atoms with Crippen LogP contribution in [0.1, 0.15) is 10.5 Å². The number of amides is 1. The number of ether oxygens (including phenoxy) is 1. The summed E-state index contributed by atoms with van der Waals surface area (Å²) < 4.78 is 6.28. The Morgan fingerprint density at radius 1 is 1.22 bits per heavy atom. The van der Waals surface area contributed by atoms with Crippen molar-refractivity contribution >= 4 is 52.8 Å². The maximum atomic E-state index is 12.4. The first-order valence-corrected chi connectivity index (χ1v) is 7.86. The van der Waals surface area contributed by atoms with E-state index in [4.69, 9.17) is 16.3 Å². The number of nitrogens with one attached hydrogen (secondary N) is 1. The monoisotopic (exact) mass is 395 g/mol. The predicted octanol–water partition coefficient (Wildman–Crippen LogP) is 1.50. The van der Waals surface area contributed by atoms with Gasteiger partial charge in [0, 0.05) is 18.7 Å². The molecule has 10 heteroatoms. The number of hydrogen-bond acceptors (Lipinski definition) is 6. The molecule has 0 fully saturated rings. The van der Waals surface area contributed by atoms with E-state index in [1.165, 1.54) is 38.8 Å². The summed E-state index contributed by atoms with van der Waals surface area (Å²) in [6.45, 7) is 0. The number of rotatable bonds is 4. The van der Waals surface area contributed by atoms with E-state index in [2.05, 4.69) is 20.4 Å². The molecule has 0 aliphatic rings. The molecule has 2 aromatic heterocycles. The Kier molecular flexibility index (Phi) is 7.09. The number of aryl methyl sites for hydroxylation is 1. The summed E-state index contributed by atoms with van der Waals surface area (Å²) in [6.07, 6.45) is 2.66. The van der Waals surface area contributed by atoms with Crippen LogP contribution in [-0.2, 0) is 7.05 Å².